The Balaban J connectivity index is 1.43. The number of amidine groups is 1. The molecule has 0 atom stereocenters. The molecule has 202 valence electrons. The first-order chi connectivity index (χ1) is 19.4. The number of aromatic nitrogens is 2. The third-order valence-corrected chi connectivity index (χ3v) is 7.66. The van der Waals surface area contributed by atoms with Gasteiger partial charge < -0.3 is 26.1 Å². The number of nitrogen functional groups attached to an aromatic ring is 1. The zero-order valence-corrected chi connectivity index (χ0v) is 22.1. The van der Waals surface area contributed by atoms with Crippen LogP contribution in [0.3, 0.4) is 0 Å². The highest BCUT2D eigenvalue weighted by atomic mass is 16.5. The minimum absolute atomic E-state index is 0.0181. The Morgan fingerprint density at radius 1 is 0.975 bits per heavy atom. The average Bonchev–Trinajstić information content (AvgIpc) is 3.32. The van der Waals surface area contributed by atoms with E-state index in [0.717, 1.165) is 52.9 Å². The standard InChI is InChI=1S/C32H32N6O2/c33-24-10-12-25(13-11-24)37-32(39)29-17-21-8-9-22(31(34)35)18-28(21)38(29)19-23-16-26(40-30-7-3-4-14-36-30)15-20-5-1-2-6-27(20)23/h1-9,14-18,24-25H,10-13,19,33H2,(H3,34,35)(H,37,39)/t24-,25-. The van der Waals surface area contributed by atoms with E-state index < -0.39 is 0 Å². The first-order valence-electron chi connectivity index (χ1n) is 13.6. The van der Waals surface area contributed by atoms with Crippen LogP contribution in [0.25, 0.3) is 21.7 Å². The number of rotatable bonds is 7. The number of nitrogens with zero attached hydrogens (tertiary/aromatic N) is 2. The number of carbonyl (C=O) groups is 1. The normalized spacial score (nSPS) is 17.1. The molecule has 40 heavy (non-hydrogen) atoms. The van der Waals surface area contributed by atoms with Gasteiger partial charge in [0, 0.05) is 47.4 Å². The van der Waals surface area contributed by atoms with Crippen molar-refractivity contribution >= 4 is 33.4 Å². The lowest BCUT2D eigenvalue weighted by Crippen LogP contribution is -2.41. The lowest BCUT2D eigenvalue weighted by molar-refractivity contribution is 0.0917. The lowest BCUT2D eigenvalue weighted by Gasteiger charge is -2.27. The Hall–Kier alpha value is -4.69. The van der Waals surface area contributed by atoms with Crippen molar-refractivity contribution in [3.63, 3.8) is 0 Å². The van der Waals surface area contributed by atoms with Crippen molar-refractivity contribution in [2.45, 2.75) is 44.3 Å². The predicted molar refractivity (Wildman–Crippen MR) is 158 cm³/mol. The van der Waals surface area contributed by atoms with Crippen molar-refractivity contribution in [1.82, 2.24) is 14.9 Å². The number of nitrogens with two attached hydrogens (primary N) is 2. The summed E-state index contributed by atoms with van der Waals surface area (Å²) in [5.74, 6) is 1.04. The number of fused-ring (bicyclic) bond motifs is 2. The van der Waals surface area contributed by atoms with Gasteiger partial charge in [-0.1, -0.05) is 42.5 Å². The molecule has 0 saturated heterocycles. The van der Waals surface area contributed by atoms with Crippen LogP contribution in [-0.4, -0.2) is 33.4 Å². The fraction of sp³-hybridized carbons (Fsp3) is 0.219. The molecule has 0 aliphatic heterocycles. The summed E-state index contributed by atoms with van der Waals surface area (Å²) in [6, 6.07) is 25.5. The van der Waals surface area contributed by atoms with Crippen LogP contribution >= 0.6 is 0 Å². The van der Waals surface area contributed by atoms with Crippen LogP contribution in [0.15, 0.2) is 85.1 Å². The van der Waals surface area contributed by atoms with Gasteiger partial charge in [0.1, 0.15) is 17.3 Å². The van der Waals surface area contributed by atoms with Crippen LogP contribution in [-0.2, 0) is 6.54 Å². The minimum Gasteiger partial charge on any atom is -0.439 e. The molecule has 6 N–H and O–H groups in total. The summed E-state index contributed by atoms with van der Waals surface area (Å²) < 4.78 is 8.13. The monoisotopic (exact) mass is 532 g/mol. The number of amides is 1. The molecule has 6 rings (SSSR count). The molecule has 0 radical (unpaired) electrons. The van der Waals surface area contributed by atoms with Gasteiger partial charge in [-0.25, -0.2) is 4.98 Å². The molecule has 0 spiro atoms. The molecule has 1 saturated carbocycles. The van der Waals surface area contributed by atoms with Gasteiger partial charge in [0.2, 0.25) is 5.88 Å². The van der Waals surface area contributed by atoms with E-state index in [1.807, 2.05) is 77.4 Å². The number of benzene rings is 3. The molecule has 0 unspecified atom stereocenters. The topological polar surface area (TPSA) is 132 Å². The molecular formula is C32H32N6O2. The van der Waals surface area contributed by atoms with Crippen LogP contribution in [0.1, 0.15) is 47.3 Å². The summed E-state index contributed by atoms with van der Waals surface area (Å²) in [4.78, 5) is 18.0. The van der Waals surface area contributed by atoms with Gasteiger partial charge in [-0.05, 0) is 72.4 Å². The molecule has 2 aromatic heterocycles. The van der Waals surface area contributed by atoms with Gasteiger partial charge in [-0.2, -0.15) is 0 Å². The second-order valence-electron chi connectivity index (χ2n) is 10.5. The summed E-state index contributed by atoms with van der Waals surface area (Å²) in [6.45, 7) is 0.420. The average molecular weight is 533 g/mol. The molecule has 8 heteroatoms. The van der Waals surface area contributed by atoms with Crippen molar-refractivity contribution in [2.24, 2.45) is 11.5 Å². The summed E-state index contributed by atoms with van der Waals surface area (Å²) in [6.07, 6.45) is 5.26. The number of carbonyl (C=O) groups excluding carboxylic acids is 1. The highest BCUT2D eigenvalue weighted by Gasteiger charge is 2.23. The van der Waals surface area contributed by atoms with Crippen LogP contribution in [0.4, 0.5) is 0 Å². The fourth-order valence-electron chi connectivity index (χ4n) is 5.55. The first-order valence-corrected chi connectivity index (χ1v) is 13.6. The van der Waals surface area contributed by atoms with E-state index in [-0.39, 0.29) is 23.8 Å². The number of nitrogens with one attached hydrogen (secondary N) is 2. The van der Waals surface area contributed by atoms with E-state index in [1.165, 1.54) is 0 Å². The third-order valence-electron chi connectivity index (χ3n) is 7.66. The second-order valence-corrected chi connectivity index (χ2v) is 10.5. The van der Waals surface area contributed by atoms with Gasteiger partial charge >= 0.3 is 0 Å². The largest absolute Gasteiger partial charge is 0.439 e. The van der Waals surface area contributed by atoms with Gasteiger partial charge in [0.25, 0.3) is 5.91 Å². The Kier molecular flexibility index (Phi) is 6.92. The van der Waals surface area contributed by atoms with Crippen molar-refractivity contribution in [1.29, 1.82) is 5.41 Å². The molecule has 0 bridgehead atoms. The lowest BCUT2D eigenvalue weighted by atomic mass is 9.92. The molecular weight excluding hydrogens is 500 g/mol. The van der Waals surface area contributed by atoms with E-state index >= 15 is 0 Å². The Morgan fingerprint density at radius 2 is 1.77 bits per heavy atom. The van der Waals surface area contributed by atoms with E-state index in [2.05, 4.69) is 16.4 Å². The van der Waals surface area contributed by atoms with E-state index in [1.54, 1.807) is 6.20 Å². The van der Waals surface area contributed by atoms with Crippen molar-refractivity contribution in [2.75, 3.05) is 0 Å². The second kappa shape index (κ2) is 10.8. The highest BCUT2D eigenvalue weighted by molar-refractivity contribution is 6.02. The maximum atomic E-state index is 13.7. The van der Waals surface area contributed by atoms with E-state index in [9.17, 15) is 4.79 Å². The maximum Gasteiger partial charge on any atom is 0.268 e. The smallest absolute Gasteiger partial charge is 0.268 e. The third kappa shape index (κ3) is 5.26. The van der Waals surface area contributed by atoms with Crippen LogP contribution in [0.5, 0.6) is 11.6 Å². The first kappa shape index (κ1) is 25.6. The number of hydrogen-bond donors (Lipinski definition) is 4. The van der Waals surface area contributed by atoms with E-state index in [4.69, 9.17) is 21.6 Å². The fourth-order valence-corrected chi connectivity index (χ4v) is 5.55. The molecule has 5 aromatic rings. The Bertz CT molecular complexity index is 1700. The van der Waals surface area contributed by atoms with Crippen LogP contribution in [0, 0.1) is 5.41 Å². The number of pyridine rings is 1. The zero-order valence-electron chi connectivity index (χ0n) is 22.1. The minimum atomic E-state index is -0.119. The van der Waals surface area contributed by atoms with Crippen LogP contribution < -0.4 is 21.5 Å². The van der Waals surface area contributed by atoms with Gasteiger partial charge in [0.15, 0.2) is 0 Å². The quantitative estimate of drug-likeness (QED) is 0.167. The molecule has 1 fully saturated rings. The summed E-state index contributed by atoms with van der Waals surface area (Å²) >= 11 is 0. The Morgan fingerprint density at radius 3 is 2.55 bits per heavy atom. The summed E-state index contributed by atoms with van der Waals surface area (Å²) in [7, 11) is 0. The van der Waals surface area contributed by atoms with E-state index in [0.29, 0.717) is 29.4 Å². The summed E-state index contributed by atoms with van der Waals surface area (Å²) in [5.41, 5.74) is 14.9. The Labute approximate surface area is 232 Å². The zero-order chi connectivity index (χ0) is 27.6. The van der Waals surface area contributed by atoms with Crippen LogP contribution in [0.2, 0.25) is 0 Å². The molecule has 8 nitrogen and oxygen atoms in total. The van der Waals surface area contributed by atoms with Gasteiger partial charge in [0.05, 0.1) is 0 Å². The van der Waals surface area contributed by atoms with Gasteiger partial charge in [-0.3, -0.25) is 10.2 Å². The number of hydrogen-bond acceptors (Lipinski definition) is 5. The SMILES string of the molecule is N=C(N)c1ccc2cc(C(=O)N[C@H]3CC[C@H](N)CC3)n(Cc3cc(Oc4ccccn4)cc4ccccc34)c2c1. The van der Waals surface area contributed by atoms with Crippen molar-refractivity contribution in [3.8, 4) is 11.6 Å². The molecule has 1 amide bonds. The highest BCUT2D eigenvalue weighted by Crippen LogP contribution is 2.31. The number of ether oxygens (including phenoxy) is 1. The van der Waals surface area contributed by atoms with Crippen molar-refractivity contribution < 1.29 is 9.53 Å². The van der Waals surface area contributed by atoms with Gasteiger partial charge in [-0.15, -0.1) is 0 Å². The molecule has 3 aromatic carbocycles. The summed E-state index contributed by atoms with van der Waals surface area (Å²) in [5, 5.41) is 14.2. The molecule has 2 heterocycles. The predicted octanol–water partition coefficient (Wildman–Crippen LogP) is 5.31. The molecule has 1 aliphatic rings. The molecule has 1 aliphatic carbocycles. The maximum absolute atomic E-state index is 13.7. The van der Waals surface area contributed by atoms with Crippen molar-refractivity contribution in [3.05, 3.63) is 102 Å².